The summed E-state index contributed by atoms with van der Waals surface area (Å²) in [5, 5.41) is 12.4. The van der Waals surface area contributed by atoms with Gasteiger partial charge in [0.1, 0.15) is 0 Å². The normalized spacial score (nSPS) is 13.1. The third-order valence-electron chi connectivity index (χ3n) is 3.57. The molecule has 0 aliphatic rings. The summed E-state index contributed by atoms with van der Waals surface area (Å²) in [6.45, 7) is 3.41. The van der Waals surface area contributed by atoms with Crippen molar-refractivity contribution >= 4 is 11.5 Å². The summed E-state index contributed by atoms with van der Waals surface area (Å²) in [4.78, 5) is 11.8. The van der Waals surface area contributed by atoms with Crippen LogP contribution in [0, 0.1) is 0 Å². The zero-order chi connectivity index (χ0) is 16.8. The van der Waals surface area contributed by atoms with E-state index in [1.54, 1.807) is 19.9 Å². The summed E-state index contributed by atoms with van der Waals surface area (Å²) in [5.41, 5.74) is -2.19. The molecule has 0 heterocycles. The van der Waals surface area contributed by atoms with Gasteiger partial charge in [-0.2, -0.15) is 13.2 Å². The van der Waals surface area contributed by atoms with E-state index in [2.05, 4.69) is 5.32 Å². The molecule has 0 aliphatic carbocycles. The van der Waals surface area contributed by atoms with Gasteiger partial charge < -0.3 is 10.4 Å². The molecule has 0 saturated carbocycles. The number of benzene rings is 1. The highest BCUT2D eigenvalue weighted by Crippen LogP contribution is 2.33. The number of alkyl halides is 3. The second-order valence-corrected chi connectivity index (χ2v) is 5.07. The molecule has 0 unspecified atom stereocenters. The van der Waals surface area contributed by atoms with Crippen LogP contribution in [0.3, 0.4) is 0 Å². The Morgan fingerprint density at radius 3 is 2.18 bits per heavy atom. The van der Waals surface area contributed by atoms with E-state index >= 15 is 0 Å². The summed E-state index contributed by atoms with van der Waals surface area (Å²) in [6.07, 6.45) is -3.30. The monoisotopic (exact) mass is 315 g/mol. The zero-order valence-corrected chi connectivity index (χ0v) is 12.6. The Morgan fingerprint density at radius 2 is 1.73 bits per heavy atom. The molecule has 1 rings (SSSR count). The molecule has 1 amide bonds. The fourth-order valence-electron chi connectivity index (χ4n) is 1.88. The standard InChI is InChI=1S/C16H20F3NO2/c1-3-15(22,4-2)11-20-14(21)10-13(16(17,18)19)12-8-6-5-7-9-12/h5-10,22H,3-4,11H2,1-2H3,(H,20,21). The number of halogens is 3. The van der Waals surface area contributed by atoms with E-state index in [-0.39, 0.29) is 12.1 Å². The second-order valence-electron chi connectivity index (χ2n) is 5.07. The topological polar surface area (TPSA) is 49.3 Å². The number of hydrogen-bond acceptors (Lipinski definition) is 2. The van der Waals surface area contributed by atoms with Crippen LogP contribution in [0.25, 0.3) is 5.57 Å². The molecule has 122 valence electrons. The molecular formula is C16H20F3NO2. The van der Waals surface area contributed by atoms with Gasteiger partial charge in [-0.1, -0.05) is 44.2 Å². The molecule has 22 heavy (non-hydrogen) atoms. The van der Waals surface area contributed by atoms with Crippen LogP contribution in [0.1, 0.15) is 32.3 Å². The number of aliphatic hydroxyl groups is 1. The van der Waals surface area contributed by atoms with Gasteiger partial charge in [0.15, 0.2) is 0 Å². The first kappa shape index (κ1) is 18.2. The lowest BCUT2D eigenvalue weighted by atomic mass is 9.97. The van der Waals surface area contributed by atoms with Gasteiger partial charge in [0, 0.05) is 12.6 Å². The number of hydrogen-bond donors (Lipinski definition) is 2. The second kappa shape index (κ2) is 7.45. The molecule has 1 aromatic carbocycles. The van der Waals surface area contributed by atoms with Crippen molar-refractivity contribution in [2.45, 2.75) is 38.5 Å². The average molecular weight is 315 g/mol. The summed E-state index contributed by atoms with van der Waals surface area (Å²) < 4.78 is 39.2. The lowest BCUT2D eigenvalue weighted by molar-refractivity contribution is -0.118. The molecule has 1 aromatic rings. The maximum absolute atomic E-state index is 13.1. The van der Waals surface area contributed by atoms with Crippen molar-refractivity contribution < 1.29 is 23.1 Å². The smallest absolute Gasteiger partial charge is 0.388 e. The Balaban J connectivity index is 2.92. The van der Waals surface area contributed by atoms with E-state index in [4.69, 9.17) is 0 Å². The van der Waals surface area contributed by atoms with Crippen LogP contribution in [-0.4, -0.2) is 29.3 Å². The number of nitrogens with one attached hydrogen (secondary N) is 1. The van der Waals surface area contributed by atoms with Crippen molar-refractivity contribution in [3.8, 4) is 0 Å². The fourth-order valence-corrected chi connectivity index (χ4v) is 1.88. The van der Waals surface area contributed by atoms with Crippen molar-refractivity contribution in [3.63, 3.8) is 0 Å². The molecule has 0 atom stereocenters. The van der Waals surface area contributed by atoms with Gasteiger partial charge in [-0.15, -0.1) is 0 Å². The van der Waals surface area contributed by atoms with Gasteiger partial charge in [0.25, 0.3) is 0 Å². The van der Waals surface area contributed by atoms with Crippen LogP contribution < -0.4 is 5.32 Å². The fraction of sp³-hybridized carbons (Fsp3) is 0.438. The number of amides is 1. The maximum atomic E-state index is 13.1. The Morgan fingerprint density at radius 1 is 1.18 bits per heavy atom. The van der Waals surface area contributed by atoms with Crippen molar-refractivity contribution in [3.05, 3.63) is 42.0 Å². The molecule has 0 bridgehead atoms. The first-order valence-corrected chi connectivity index (χ1v) is 7.06. The lowest BCUT2D eigenvalue weighted by Gasteiger charge is -2.25. The van der Waals surface area contributed by atoms with Crippen LogP contribution in [-0.2, 0) is 4.79 Å². The van der Waals surface area contributed by atoms with Gasteiger partial charge in [0.2, 0.25) is 5.91 Å². The van der Waals surface area contributed by atoms with Crippen molar-refractivity contribution in [1.82, 2.24) is 5.32 Å². The van der Waals surface area contributed by atoms with Gasteiger partial charge in [-0.05, 0) is 18.4 Å². The van der Waals surface area contributed by atoms with E-state index in [0.717, 1.165) is 0 Å². The molecule has 3 nitrogen and oxygen atoms in total. The van der Waals surface area contributed by atoms with Gasteiger partial charge >= 0.3 is 6.18 Å². The van der Waals surface area contributed by atoms with Crippen molar-refractivity contribution in [2.75, 3.05) is 6.54 Å². The quantitative estimate of drug-likeness (QED) is 0.791. The highest BCUT2D eigenvalue weighted by atomic mass is 19.4. The molecule has 0 fully saturated rings. The Labute approximate surface area is 127 Å². The minimum atomic E-state index is -4.63. The first-order valence-electron chi connectivity index (χ1n) is 7.06. The van der Waals surface area contributed by atoms with Gasteiger partial charge in [0.05, 0.1) is 11.2 Å². The number of carbonyl (C=O) groups excluding carboxylic acids is 1. The van der Waals surface area contributed by atoms with Crippen LogP contribution >= 0.6 is 0 Å². The SMILES string of the molecule is CCC(O)(CC)CNC(=O)C=C(c1ccccc1)C(F)(F)F. The minimum Gasteiger partial charge on any atom is -0.388 e. The Bertz CT molecular complexity index is 520. The van der Waals surface area contributed by atoms with Gasteiger partial charge in [-0.3, -0.25) is 4.79 Å². The summed E-state index contributed by atoms with van der Waals surface area (Å²) in [5.74, 6) is -0.878. The number of carbonyl (C=O) groups is 1. The minimum absolute atomic E-state index is 0.0774. The number of allylic oxidation sites excluding steroid dienone is 1. The third kappa shape index (κ3) is 5.18. The van der Waals surface area contributed by atoms with Crippen LogP contribution in [0.5, 0.6) is 0 Å². The molecular weight excluding hydrogens is 295 g/mol. The van der Waals surface area contributed by atoms with E-state index in [1.807, 2.05) is 0 Å². The average Bonchev–Trinajstić information content (AvgIpc) is 2.50. The van der Waals surface area contributed by atoms with Crippen molar-refractivity contribution in [2.24, 2.45) is 0 Å². The molecule has 0 radical (unpaired) electrons. The molecule has 0 spiro atoms. The highest BCUT2D eigenvalue weighted by Gasteiger charge is 2.35. The van der Waals surface area contributed by atoms with E-state index in [1.165, 1.54) is 24.3 Å². The zero-order valence-electron chi connectivity index (χ0n) is 12.6. The van der Waals surface area contributed by atoms with Crippen LogP contribution in [0.2, 0.25) is 0 Å². The first-order chi connectivity index (χ1) is 10.2. The molecule has 2 N–H and O–H groups in total. The Hall–Kier alpha value is -1.82. The van der Waals surface area contributed by atoms with Crippen LogP contribution in [0.4, 0.5) is 13.2 Å². The number of rotatable bonds is 6. The van der Waals surface area contributed by atoms with Gasteiger partial charge in [-0.25, -0.2) is 0 Å². The molecule has 6 heteroatoms. The van der Waals surface area contributed by atoms with E-state index in [9.17, 15) is 23.1 Å². The maximum Gasteiger partial charge on any atom is 0.417 e. The van der Waals surface area contributed by atoms with Crippen LogP contribution in [0.15, 0.2) is 36.4 Å². The summed E-state index contributed by atoms with van der Waals surface area (Å²) in [7, 11) is 0. The largest absolute Gasteiger partial charge is 0.417 e. The van der Waals surface area contributed by atoms with E-state index in [0.29, 0.717) is 18.9 Å². The predicted octanol–water partition coefficient (Wildman–Crippen LogP) is 3.30. The molecule has 0 saturated heterocycles. The highest BCUT2D eigenvalue weighted by molar-refractivity contribution is 5.96. The van der Waals surface area contributed by atoms with E-state index < -0.39 is 23.3 Å². The molecule has 0 aliphatic heterocycles. The predicted molar refractivity (Wildman–Crippen MR) is 79.0 cm³/mol. The van der Waals surface area contributed by atoms with Crippen molar-refractivity contribution in [1.29, 1.82) is 0 Å². The molecule has 0 aromatic heterocycles. The third-order valence-corrected chi connectivity index (χ3v) is 3.57. The Kier molecular flexibility index (Phi) is 6.17. The summed E-state index contributed by atoms with van der Waals surface area (Å²) >= 11 is 0. The lowest BCUT2D eigenvalue weighted by Crippen LogP contribution is -2.41. The summed E-state index contributed by atoms with van der Waals surface area (Å²) in [6, 6.07) is 7.13.